The van der Waals surface area contributed by atoms with Gasteiger partial charge in [-0.2, -0.15) is 15.0 Å². The molecule has 0 spiro atoms. The topological polar surface area (TPSA) is 63.2 Å². The van der Waals surface area contributed by atoms with Crippen molar-refractivity contribution >= 4 is 11.9 Å². The van der Waals surface area contributed by atoms with Crippen LogP contribution >= 0.6 is 0 Å². The number of ether oxygens (including phenoxy) is 1. The second-order valence-corrected chi connectivity index (χ2v) is 5.74. The van der Waals surface area contributed by atoms with Crippen molar-refractivity contribution in [3.63, 3.8) is 0 Å². The summed E-state index contributed by atoms with van der Waals surface area (Å²) in [5.74, 6) is 3.02. The number of anilines is 2. The van der Waals surface area contributed by atoms with Gasteiger partial charge in [0.15, 0.2) is 0 Å². The van der Waals surface area contributed by atoms with E-state index in [1.807, 2.05) is 7.05 Å². The fraction of sp³-hybridized carbons (Fsp3) is 0.786. The number of nitrogens with zero attached hydrogens (tertiary/aromatic N) is 4. The highest BCUT2D eigenvalue weighted by Gasteiger charge is 2.32. The van der Waals surface area contributed by atoms with Gasteiger partial charge in [0, 0.05) is 20.1 Å². The van der Waals surface area contributed by atoms with Gasteiger partial charge in [0.2, 0.25) is 11.9 Å². The summed E-state index contributed by atoms with van der Waals surface area (Å²) >= 11 is 0. The predicted molar refractivity (Wildman–Crippen MR) is 78.2 cm³/mol. The molecule has 6 nitrogen and oxygen atoms in total. The highest BCUT2D eigenvalue weighted by atomic mass is 16.5. The molecule has 1 N–H and O–H groups in total. The molecule has 0 amide bonds. The van der Waals surface area contributed by atoms with Crippen molar-refractivity contribution in [2.24, 2.45) is 11.8 Å². The van der Waals surface area contributed by atoms with Crippen molar-refractivity contribution in [2.75, 3.05) is 37.5 Å². The maximum atomic E-state index is 5.17. The zero-order valence-electron chi connectivity index (χ0n) is 12.3. The molecule has 1 saturated carbocycles. The maximum absolute atomic E-state index is 5.17. The van der Waals surface area contributed by atoms with Crippen molar-refractivity contribution < 1.29 is 4.74 Å². The van der Waals surface area contributed by atoms with Gasteiger partial charge in [0.25, 0.3) is 0 Å². The summed E-state index contributed by atoms with van der Waals surface area (Å²) in [5.41, 5.74) is 0. The Bertz CT molecular complexity index is 445. The Morgan fingerprint density at radius 1 is 1.10 bits per heavy atom. The Morgan fingerprint density at radius 2 is 1.90 bits per heavy atom. The molecule has 2 fully saturated rings. The standard InChI is InChI=1S/C14H23N5O/c1-15-12-16-13(18-14(17-12)20-2)19-8-7-10-5-3-4-6-11(10)9-19/h10-11H,3-9H2,1-2H3,(H,15,16,17,18). The summed E-state index contributed by atoms with van der Waals surface area (Å²) in [6.07, 6.45) is 6.79. The van der Waals surface area contributed by atoms with E-state index >= 15 is 0 Å². The van der Waals surface area contributed by atoms with Gasteiger partial charge in [0.05, 0.1) is 7.11 Å². The van der Waals surface area contributed by atoms with Gasteiger partial charge in [-0.25, -0.2) is 0 Å². The molecule has 2 aliphatic rings. The first-order chi connectivity index (χ1) is 9.80. The number of nitrogens with one attached hydrogen (secondary N) is 1. The molecule has 1 aromatic heterocycles. The van der Waals surface area contributed by atoms with Crippen LogP contribution in [0.15, 0.2) is 0 Å². The summed E-state index contributed by atoms with van der Waals surface area (Å²) in [4.78, 5) is 15.3. The first-order valence-electron chi connectivity index (χ1n) is 7.53. The monoisotopic (exact) mass is 277 g/mol. The van der Waals surface area contributed by atoms with Gasteiger partial charge < -0.3 is 15.0 Å². The van der Waals surface area contributed by atoms with E-state index in [1.165, 1.54) is 32.1 Å². The number of aromatic nitrogens is 3. The molecule has 2 unspecified atom stereocenters. The van der Waals surface area contributed by atoms with Gasteiger partial charge in [0.1, 0.15) is 0 Å². The molecule has 2 atom stereocenters. The number of rotatable bonds is 3. The molecular formula is C14H23N5O. The molecule has 0 radical (unpaired) electrons. The van der Waals surface area contributed by atoms with E-state index in [4.69, 9.17) is 4.74 Å². The van der Waals surface area contributed by atoms with Crippen molar-refractivity contribution in [3.05, 3.63) is 0 Å². The largest absolute Gasteiger partial charge is 0.467 e. The first-order valence-corrected chi connectivity index (χ1v) is 7.53. The number of hydrogen-bond acceptors (Lipinski definition) is 6. The predicted octanol–water partition coefficient (Wildman–Crippen LogP) is 1.94. The third-order valence-electron chi connectivity index (χ3n) is 4.58. The fourth-order valence-electron chi connectivity index (χ4n) is 3.47. The number of fused-ring (bicyclic) bond motifs is 1. The lowest BCUT2D eigenvalue weighted by molar-refractivity contribution is 0.201. The summed E-state index contributed by atoms with van der Waals surface area (Å²) in [5, 5.41) is 2.97. The number of hydrogen-bond donors (Lipinski definition) is 1. The Morgan fingerprint density at radius 3 is 2.65 bits per heavy atom. The highest BCUT2D eigenvalue weighted by Crippen LogP contribution is 2.37. The molecule has 0 bridgehead atoms. The molecule has 1 saturated heterocycles. The fourth-order valence-corrected chi connectivity index (χ4v) is 3.47. The van der Waals surface area contributed by atoms with Crippen molar-refractivity contribution in [3.8, 4) is 6.01 Å². The van der Waals surface area contributed by atoms with Crippen LogP contribution in [0.1, 0.15) is 32.1 Å². The summed E-state index contributed by atoms with van der Waals surface area (Å²) < 4.78 is 5.17. The Hall–Kier alpha value is -1.59. The van der Waals surface area contributed by atoms with Gasteiger partial charge in [-0.15, -0.1) is 0 Å². The average Bonchev–Trinajstić information content (AvgIpc) is 2.53. The minimum absolute atomic E-state index is 0.380. The molecule has 20 heavy (non-hydrogen) atoms. The van der Waals surface area contributed by atoms with Crippen LogP contribution in [0.25, 0.3) is 0 Å². The zero-order valence-corrected chi connectivity index (χ0v) is 12.3. The Balaban J connectivity index is 1.78. The van der Waals surface area contributed by atoms with Crippen LogP contribution in [0.5, 0.6) is 6.01 Å². The molecule has 1 aliphatic carbocycles. The highest BCUT2D eigenvalue weighted by molar-refractivity contribution is 5.38. The molecule has 1 aliphatic heterocycles. The van der Waals surface area contributed by atoms with Crippen LogP contribution in [0.3, 0.4) is 0 Å². The number of methoxy groups -OCH3 is 1. The maximum Gasteiger partial charge on any atom is 0.322 e. The van der Waals surface area contributed by atoms with Crippen LogP contribution in [-0.4, -0.2) is 42.2 Å². The lowest BCUT2D eigenvalue weighted by atomic mass is 9.75. The van der Waals surface area contributed by atoms with Crippen LogP contribution < -0.4 is 15.0 Å². The quantitative estimate of drug-likeness (QED) is 0.911. The van der Waals surface area contributed by atoms with Crippen molar-refractivity contribution in [2.45, 2.75) is 32.1 Å². The smallest absolute Gasteiger partial charge is 0.322 e. The zero-order chi connectivity index (χ0) is 13.9. The lowest BCUT2D eigenvalue weighted by Crippen LogP contribution is -2.42. The lowest BCUT2D eigenvalue weighted by Gasteiger charge is -2.41. The second kappa shape index (κ2) is 5.81. The van der Waals surface area contributed by atoms with E-state index < -0.39 is 0 Å². The van der Waals surface area contributed by atoms with E-state index in [2.05, 4.69) is 25.2 Å². The Kier molecular flexibility index (Phi) is 3.89. The minimum Gasteiger partial charge on any atom is -0.467 e. The summed E-state index contributed by atoms with van der Waals surface area (Å²) in [7, 11) is 3.40. The first kappa shape index (κ1) is 13.4. The molecular weight excluding hydrogens is 254 g/mol. The van der Waals surface area contributed by atoms with E-state index in [1.54, 1.807) is 7.11 Å². The van der Waals surface area contributed by atoms with Crippen LogP contribution in [0, 0.1) is 11.8 Å². The van der Waals surface area contributed by atoms with Crippen LogP contribution in [0.4, 0.5) is 11.9 Å². The molecule has 3 rings (SSSR count). The van der Waals surface area contributed by atoms with E-state index in [-0.39, 0.29) is 0 Å². The van der Waals surface area contributed by atoms with Crippen LogP contribution in [0.2, 0.25) is 0 Å². The molecule has 1 aromatic rings. The van der Waals surface area contributed by atoms with Crippen LogP contribution in [-0.2, 0) is 0 Å². The van der Waals surface area contributed by atoms with Crippen molar-refractivity contribution in [1.29, 1.82) is 0 Å². The second-order valence-electron chi connectivity index (χ2n) is 5.74. The molecule has 6 heteroatoms. The number of piperidine rings is 1. The van der Waals surface area contributed by atoms with Gasteiger partial charge in [-0.3, -0.25) is 0 Å². The van der Waals surface area contributed by atoms with E-state index in [9.17, 15) is 0 Å². The third kappa shape index (κ3) is 2.64. The van der Waals surface area contributed by atoms with Gasteiger partial charge in [-0.1, -0.05) is 19.3 Å². The molecule has 2 heterocycles. The average molecular weight is 277 g/mol. The molecule has 0 aromatic carbocycles. The van der Waals surface area contributed by atoms with Gasteiger partial charge in [-0.05, 0) is 24.7 Å². The van der Waals surface area contributed by atoms with Gasteiger partial charge >= 0.3 is 6.01 Å². The summed E-state index contributed by atoms with van der Waals surface area (Å²) in [6.45, 7) is 2.11. The van der Waals surface area contributed by atoms with E-state index in [0.717, 1.165) is 30.9 Å². The Labute approximate surface area is 120 Å². The molecule has 110 valence electrons. The minimum atomic E-state index is 0.380. The van der Waals surface area contributed by atoms with Crippen molar-refractivity contribution in [1.82, 2.24) is 15.0 Å². The summed E-state index contributed by atoms with van der Waals surface area (Å²) in [6, 6.07) is 0.380. The normalized spacial score (nSPS) is 26.0. The van der Waals surface area contributed by atoms with E-state index in [0.29, 0.717) is 12.0 Å². The SMILES string of the molecule is CNc1nc(OC)nc(N2CCC3CCCCC3C2)n1. The third-order valence-corrected chi connectivity index (χ3v) is 4.58.